The Bertz CT molecular complexity index is 1100. The molecule has 2 unspecified atom stereocenters. The SMILES string of the molecule is CCCCCCCCCCCCCCCCCCCCCC(O)C(CO)NC(=O)CCCCCCCCCCCCCCCCCCCCCCCCCOC(=O)CCCCCCCCCCCCCCCCCCC. The van der Waals surface area contributed by atoms with Crippen LogP contribution in [0.5, 0.6) is 0 Å². The number of esters is 1. The van der Waals surface area contributed by atoms with Crippen LogP contribution in [0.2, 0.25) is 0 Å². The Balaban J connectivity index is 3.35. The highest BCUT2D eigenvalue weighted by Crippen LogP contribution is 2.20. The van der Waals surface area contributed by atoms with E-state index in [2.05, 4.69) is 19.2 Å². The van der Waals surface area contributed by atoms with Crippen molar-refractivity contribution < 1.29 is 24.5 Å². The highest BCUT2D eigenvalue weighted by atomic mass is 16.5. The van der Waals surface area contributed by atoms with E-state index in [1.165, 1.54) is 340 Å². The molecule has 0 radical (unpaired) electrons. The molecule has 0 heterocycles. The first-order valence-corrected chi connectivity index (χ1v) is 35.3. The van der Waals surface area contributed by atoms with Gasteiger partial charge in [-0.2, -0.15) is 0 Å². The van der Waals surface area contributed by atoms with Crippen molar-refractivity contribution in [2.75, 3.05) is 13.2 Å². The number of aliphatic hydroxyl groups excluding tert-OH is 2. The van der Waals surface area contributed by atoms with Gasteiger partial charge in [-0.15, -0.1) is 0 Å². The van der Waals surface area contributed by atoms with E-state index in [9.17, 15) is 19.8 Å². The summed E-state index contributed by atoms with van der Waals surface area (Å²) in [6.45, 7) is 5.01. The van der Waals surface area contributed by atoms with Gasteiger partial charge in [0.15, 0.2) is 0 Å². The molecule has 454 valence electrons. The largest absolute Gasteiger partial charge is 0.466 e. The van der Waals surface area contributed by atoms with Crippen molar-refractivity contribution in [2.45, 2.75) is 424 Å². The van der Waals surface area contributed by atoms with E-state index in [-0.39, 0.29) is 18.5 Å². The van der Waals surface area contributed by atoms with Crippen molar-refractivity contribution in [3.8, 4) is 0 Å². The van der Waals surface area contributed by atoms with Gasteiger partial charge in [-0.25, -0.2) is 0 Å². The van der Waals surface area contributed by atoms with E-state index >= 15 is 0 Å². The fourth-order valence-electron chi connectivity index (χ4n) is 11.5. The first kappa shape index (κ1) is 74.9. The summed E-state index contributed by atoms with van der Waals surface area (Å²) in [5.41, 5.74) is 0. The minimum absolute atomic E-state index is 0.0199. The first-order chi connectivity index (χ1) is 37.5. The van der Waals surface area contributed by atoms with Crippen LogP contribution in [0, 0.1) is 0 Å². The molecule has 0 bridgehead atoms. The van der Waals surface area contributed by atoms with Crippen LogP contribution >= 0.6 is 0 Å². The minimum atomic E-state index is -0.663. The van der Waals surface area contributed by atoms with E-state index in [1.807, 2.05) is 0 Å². The molecule has 0 aromatic heterocycles. The summed E-state index contributed by atoms with van der Waals surface area (Å²) < 4.78 is 5.51. The van der Waals surface area contributed by atoms with Crippen LogP contribution in [0.4, 0.5) is 0 Å². The van der Waals surface area contributed by atoms with Crippen molar-refractivity contribution in [1.29, 1.82) is 0 Å². The lowest BCUT2D eigenvalue weighted by molar-refractivity contribution is -0.143. The number of ether oxygens (including phenoxy) is 1. The monoisotopic (exact) mass is 1070 g/mol. The molecule has 0 aromatic carbocycles. The van der Waals surface area contributed by atoms with E-state index in [1.54, 1.807) is 0 Å². The standard InChI is InChI=1S/C70H139NO5/c1-3-5-7-9-11-13-15-17-19-21-27-31-34-38-42-46-50-54-58-62-68(73)67(66-72)71-69(74)63-59-55-51-47-43-39-35-32-28-25-23-22-24-26-29-33-37-41-45-49-53-57-61-65-76-70(75)64-60-56-52-48-44-40-36-30-20-18-16-14-12-10-8-6-4-2/h67-68,72-73H,3-66H2,1-2H3,(H,71,74). The zero-order valence-electron chi connectivity index (χ0n) is 52.0. The van der Waals surface area contributed by atoms with Crippen LogP contribution in [0.1, 0.15) is 412 Å². The fourth-order valence-corrected chi connectivity index (χ4v) is 11.5. The number of unbranched alkanes of at least 4 members (excludes halogenated alkanes) is 56. The van der Waals surface area contributed by atoms with E-state index in [4.69, 9.17) is 4.74 Å². The Morgan fingerprint density at radius 2 is 0.539 bits per heavy atom. The highest BCUT2D eigenvalue weighted by Gasteiger charge is 2.20. The molecule has 6 nitrogen and oxygen atoms in total. The quantitative estimate of drug-likeness (QED) is 0.0417. The predicted octanol–water partition coefficient (Wildman–Crippen LogP) is 22.6. The number of aliphatic hydroxyl groups is 2. The molecule has 0 aliphatic carbocycles. The van der Waals surface area contributed by atoms with Gasteiger partial charge in [0.1, 0.15) is 0 Å². The summed E-state index contributed by atoms with van der Waals surface area (Å²) >= 11 is 0. The number of hydrogen-bond acceptors (Lipinski definition) is 5. The summed E-state index contributed by atoms with van der Waals surface area (Å²) in [6, 6.07) is -0.541. The predicted molar refractivity (Wildman–Crippen MR) is 334 cm³/mol. The number of carbonyl (C=O) groups excluding carboxylic acids is 2. The van der Waals surface area contributed by atoms with Crippen LogP contribution in [0.25, 0.3) is 0 Å². The van der Waals surface area contributed by atoms with Gasteiger partial charge in [0.2, 0.25) is 5.91 Å². The average Bonchev–Trinajstić information content (AvgIpc) is 3.42. The summed E-state index contributed by atoms with van der Waals surface area (Å²) in [6.07, 6.45) is 80.0. The van der Waals surface area contributed by atoms with Gasteiger partial charge in [0.05, 0.1) is 25.4 Å². The Morgan fingerprint density at radius 1 is 0.316 bits per heavy atom. The van der Waals surface area contributed by atoms with Gasteiger partial charge in [0.25, 0.3) is 0 Å². The molecule has 3 N–H and O–H groups in total. The van der Waals surface area contributed by atoms with Crippen LogP contribution in [0.3, 0.4) is 0 Å². The molecule has 0 aliphatic rings. The Labute approximate surface area is 476 Å². The Kier molecular flexibility index (Phi) is 65.4. The minimum Gasteiger partial charge on any atom is -0.466 e. The topological polar surface area (TPSA) is 95.9 Å². The van der Waals surface area contributed by atoms with Crippen molar-refractivity contribution in [3.05, 3.63) is 0 Å². The van der Waals surface area contributed by atoms with E-state index < -0.39 is 12.1 Å². The average molecular weight is 1070 g/mol. The zero-order chi connectivity index (χ0) is 55.0. The lowest BCUT2D eigenvalue weighted by Gasteiger charge is -2.22. The summed E-state index contributed by atoms with van der Waals surface area (Å²) in [7, 11) is 0. The van der Waals surface area contributed by atoms with Crippen LogP contribution < -0.4 is 5.32 Å². The van der Waals surface area contributed by atoms with Gasteiger partial charge >= 0.3 is 5.97 Å². The molecular weight excluding hydrogens is 935 g/mol. The Hall–Kier alpha value is -1.14. The molecule has 0 saturated carbocycles. The molecular formula is C70H139NO5. The van der Waals surface area contributed by atoms with Crippen LogP contribution in [-0.2, 0) is 14.3 Å². The van der Waals surface area contributed by atoms with E-state index in [0.29, 0.717) is 25.9 Å². The molecule has 0 fully saturated rings. The van der Waals surface area contributed by atoms with Crippen LogP contribution in [0.15, 0.2) is 0 Å². The molecule has 0 aromatic rings. The second kappa shape index (κ2) is 66.4. The van der Waals surface area contributed by atoms with Crippen molar-refractivity contribution in [1.82, 2.24) is 5.32 Å². The van der Waals surface area contributed by atoms with Gasteiger partial charge in [-0.05, 0) is 25.7 Å². The van der Waals surface area contributed by atoms with Crippen molar-refractivity contribution >= 4 is 11.9 Å². The first-order valence-electron chi connectivity index (χ1n) is 35.3. The lowest BCUT2D eigenvalue weighted by Crippen LogP contribution is -2.45. The molecule has 0 saturated heterocycles. The van der Waals surface area contributed by atoms with E-state index in [0.717, 1.165) is 38.5 Å². The number of nitrogens with one attached hydrogen (secondary N) is 1. The molecule has 1 amide bonds. The molecule has 2 atom stereocenters. The maximum Gasteiger partial charge on any atom is 0.305 e. The second-order valence-electron chi connectivity index (χ2n) is 24.6. The molecule has 0 aliphatic heterocycles. The highest BCUT2D eigenvalue weighted by molar-refractivity contribution is 5.76. The molecule has 6 heteroatoms. The van der Waals surface area contributed by atoms with Gasteiger partial charge < -0.3 is 20.3 Å². The van der Waals surface area contributed by atoms with Gasteiger partial charge in [0, 0.05) is 12.8 Å². The third kappa shape index (κ3) is 62.1. The Morgan fingerprint density at radius 3 is 0.803 bits per heavy atom. The summed E-state index contributed by atoms with van der Waals surface area (Å²) in [5, 5.41) is 23.4. The molecule has 76 heavy (non-hydrogen) atoms. The number of hydrogen-bond donors (Lipinski definition) is 3. The fraction of sp³-hybridized carbons (Fsp3) is 0.971. The maximum atomic E-state index is 12.5. The normalized spacial score (nSPS) is 12.4. The number of amides is 1. The van der Waals surface area contributed by atoms with Gasteiger partial charge in [-0.3, -0.25) is 9.59 Å². The second-order valence-corrected chi connectivity index (χ2v) is 24.6. The number of carbonyl (C=O) groups is 2. The van der Waals surface area contributed by atoms with Crippen molar-refractivity contribution in [2.24, 2.45) is 0 Å². The number of rotatable bonds is 67. The van der Waals surface area contributed by atoms with Crippen LogP contribution in [-0.4, -0.2) is 47.4 Å². The summed E-state index contributed by atoms with van der Waals surface area (Å²) in [4.78, 5) is 24.6. The third-order valence-corrected chi connectivity index (χ3v) is 16.9. The van der Waals surface area contributed by atoms with Crippen molar-refractivity contribution in [3.63, 3.8) is 0 Å². The molecule has 0 rings (SSSR count). The third-order valence-electron chi connectivity index (χ3n) is 16.9. The summed E-state index contributed by atoms with van der Waals surface area (Å²) in [5.74, 6) is -0.00947. The zero-order valence-corrected chi connectivity index (χ0v) is 52.0. The maximum absolute atomic E-state index is 12.5. The smallest absolute Gasteiger partial charge is 0.305 e. The molecule has 0 spiro atoms. The van der Waals surface area contributed by atoms with Gasteiger partial charge in [-0.1, -0.05) is 373 Å². The lowest BCUT2D eigenvalue weighted by atomic mass is 10.0.